The van der Waals surface area contributed by atoms with Crippen LogP contribution >= 0.6 is 0 Å². The number of rotatable bonds is 5. The highest BCUT2D eigenvalue weighted by molar-refractivity contribution is 6.09. The first kappa shape index (κ1) is 19.6. The van der Waals surface area contributed by atoms with Gasteiger partial charge in [0.25, 0.3) is 5.56 Å². The van der Waals surface area contributed by atoms with Crippen molar-refractivity contribution >= 4 is 21.8 Å². The number of benzene rings is 3. The molecule has 2 aromatic heterocycles. The zero-order valence-electron chi connectivity index (χ0n) is 17.5. The van der Waals surface area contributed by atoms with Gasteiger partial charge in [-0.1, -0.05) is 48.5 Å². The van der Waals surface area contributed by atoms with Gasteiger partial charge >= 0.3 is 0 Å². The molecular formula is C26H20N4O2. The molecule has 0 spiro atoms. The number of nitriles is 1. The second kappa shape index (κ2) is 8.05. The van der Waals surface area contributed by atoms with E-state index in [0.717, 1.165) is 16.5 Å². The lowest BCUT2D eigenvalue weighted by Gasteiger charge is -2.08. The smallest absolute Gasteiger partial charge is 0.296 e. The van der Waals surface area contributed by atoms with Crippen molar-refractivity contribution in [1.82, 2.24) is 14.3 Å². The summed E-state index contributed by atoms with van der Waals surface area (Å²) in [6.45, 7) is 0.446. The number of ether oxygens (including phenoxy) is 1. The fourth-order valence-corrected chi connectivity index (χ4v) is 4.06. The Bertz CT molecular complexity index is 1530. The number of fused-ring (bicyclic) bond motifs is 3. The number of aromatic nitrogens is 3. The van der Waals surface area contributed by atoms with Crippen LogP contribution in [0.5, 0.6) is 5.75 Å². The molecule has 0 aliphatic carbocycles. The largest absolute Gasteiger partial charge is 0.489 e. The molecule has 5 rings (SSSR count). The van der Waals surface area contributed by atoms with Crippen LogP contribution in [0.3, 0.4) is 0 Å². The van der Waals surface area contributed by atoms with Gasteiger partial charge in [-0.2, -0.15) is 15.0 Å². The normalized spacial score (nSPS) is 11.0. The summed E-state index contributed by atoms with van der Waals surface area (Å²) in [5.74, 6) is 0.698. The van der Waals surface area contributed by atoms with E-state index in [9.17, 15) is 10.1 Å². The number of para-hydroxylation sites is 1. The van der Waals surface area contributed by atoms with Gasteiger partial charge in [0.2, 0.25) is 0 Å². The molecule has 0 saturated carbocycles. The van der Waals surface area contributed by atoms with Gasteiger partial charge in [0, 0.05) is 23.3 Å². The van der Waals surface area contributed by atoms with Crippen LogP contribution in [-0.4, -0.2) is 14.3 Å². The molecule has 0 amide bonds. The maximum atomic E-state index is 13.4. The molecule has 156 valence electrons. The summed E-state index contributed by atoms with van der Waals surface area (Å²) in [7, 11) is 1.86. The second-order valence-electron chi connectivity index (χ2n) is 7.57. The molecule has 3 aromatic carbocycles. The van der Waals surface area contributed by atoms with Gasteiger partial charge in [-0.05, 0) is 35.9 Å². The van der Waals surface area contributed by atoms with E-state index >= 15 is 0 Å². The van der Waals surface area contributed by atoms with Crippen molar-refractivity contribution in [2.45, 2.75) is 13.0 Å². The Morgan fingerprint density at radius 3 is 2.44 bits per heavy atom. The van der Waals surface area contributed by atoms with Gasteiger partial charge in [0.05, 0.1) is 23.9 Å². The Morgan fingerprint density at radius 2 is 1.72 bits per heavy atom. The van der Waals surface area contributed by atoms with Crippen LogP contribution in [-0.2, 0) is 20.1 Å². The molecule has 0 unspecified atom stereocenters. The Labute approximate surface area is 184 Å². The number of hydrogen-bond acceptors (Lipinski definition) is 4. The number of nitrogens with zero attached hydrogens (tertiary/aromatic N) is 4. The van der Waals surface area contributed by atoms with Gasteiger partial charge in [0.1, 0.15) is 17.9 Å². The first-order valence-electron chi connectivity index (χ1n) is 10.3. The minimum absolute atomic E-state index is 0.0951. The lowest BCUT2D eigenvalue weighted by molar-refractivity contribution is 0.306. The summed E-state index contributed by atoms with van der Waals surface area (Å²) < 4.78 is 9.25. The molecule has 2 heterocycles. The van der Waals surface area contributed by atoms with Gasteiger partial charge in [-0.15, -0.1) is 0 Å². The minimum Gasteiger partial charge on any atom is -0.489 e. The Hall–Kier alpha value is -4.37. The van der Waals surface area contributed by atoms with Crippen molar-refractivity contribution in [2.24, 2.45) is 7.05 Å². The molecule has 0 bridgehead atoms. The quantitative estimate of drug-likeness (QED) is 0.419. The standard InChI is InChI=1S/C26H20N4O2/c1-29-23-13-12-20(32-17-18-8-4-2-5-9-18)16-21(23)24-22(14-15-27)28-30(26(31)25(24)29)19-10-6-3-7-11-19/h2-13,16H,14,17H2,1H3. The Morgan fingerprint density at radius 1 is 1.00 bits per heavy atom. The fourth-order valence-electron chi connectivity index (χ4n) is 4.06. The third-order valence-corrected chi connectivity index (χ3v) is 5.57. The molecule has 32 heavy (non-hydrogen) atoms. The predicted octanol–water partition coefficient (Wildman–Crippen LogP) is 4.52. The first-order valence-corrected chi connectivity index (χ1v) is 10.3. The molecule has 0 atom stereocenters. The van der Waals surface area contributed by atoms with E-state index in [1.54, 1.807) is 0 Å². The van der Waals surface area contributed by atoms with Crippen LogP contribution in [0, 0.1) is 11.3 Å². The molecule has 0 fully saturated rings. The SMILES string of the molecule is Cn1c2ccc(OCc3ccccc3)cc2c2c(CC#N)nn(-c3ccccc3)c(=O)c21. The van der Waals surface area contributed by atoms with Gasteiger partial charge < -0.3 is 9.30 Å². The van der Waals surface area contributed by atoms with Crippen LogP contribution in [0.1, 0.15) is 11.3 Å². The zero-order valence-corrected chi connectivity index (χ0v) is 17.5. The molecule has 6 heteroatoms. The van der Waals surface area contributed by atoms with E-state index in [0.29, 0.717) is 34.6 Å². The maximum Gasteiger partial charge on any atom is 0.296 e. The summed E-state index contributed by atoms with van der Waals surface area (Å²) in [5.41, 5.74) is 3.48. The van der Waals surface area contributed by atoms with E-state index in [1.807, 2.05) is 90.5 Å². The lowest BCUT2D eigenvalue weighted by atomic mass is 10.1. The molecule has 0 aliphatic rings. The lowest BCUT2D eigenvalue weighted by Crippen LogP contribution is -2.24. The van der Waals surface area contributed by atoms with Crippen LogP contribution < -0.4 is 10.3 Å². The average Bonchev–Trinajstić information content (AvgIpc) is 3.13. The van der Waals surface area contributed by atoms with E-state index < -0.39 is 0 Å². The molecular weight excluding hydrogens is 400 g/mol. The summed E-state index contributed by atoms with van der Waals surface area (Å²) in [6.07, 6.45) is 0.0951. The topological polar surface area (TPSA) is 72.8 Å². The number of aryl methyl sites for hydroxylation is 1. The molecule has 5 aromatic rings. The van der Waals surface area contributed by atoms with E-state index in [1.165, 1.54) is 4.68 Å². The third kappa shape index (κ3) is 3.30. The highest BCUT2D eigenvalue weighted by atomic mass is 16.5. The van der Waals surface area contributed by atoms with Crippen molar-refractivity contribution in [2.75, 3.05) is 0 Å². The van der Waals surface area contributed by atoms with E-state index in [-0.39, 0.29) is 12.0 Å². The highest BCUT2D eigenvalue weighted by Crippen LogP contribution is 2.32. The van der Waals surface area contributed by atoms with Gasteiger partial charge in [0.15, 0.2) is 0 Å². The minimum atomic E-state index is -0.224. The Balaban J connectivity index is 1.70. The maximum absolute atomic E-state index is 13.4. The Kier molecular flexibility index (Phi) is 4.92. The number of hydrogen-bond donors (Lipinski definition) is 0. The molecule has 0 N–H and O–H groups in total. The predicted molar refractivity (Wildman–Crippen MR) is 124 cm³/mol. The molecule has 0 aliphatic heterocycles. The second-order valence-corrected chi connectivity index (χ2v) is 7.57. The van der Waals surface area contributed by atoms with Crippen molar-refractivity contribution in [3.63, 3.8) is 0 Å². The van der Waals surface area contributed by atoms with Gasteiger partial charge in [-0.3, -0.25) is 4.79 Å². The summed E-state index contributed by atoms with van der Waals surface area (Å²) in [6, 6.07) is 27.2. The van der Waals surface area contributed by atoms with Gasteiger partial charge in [-0.25, -0.2) is 0 Å². The molecule has 6 nitrogen and oxygen atoms in total. The van der Waals surface area contributed by atoms with Crippen LogP contribution in [0.25, 0.3) is 27.5 Å². The van der Waals surface area contributed by atoms with Crippen LogP contribution in [0.2, 0.25) is 0 Å². The van der Waals surface area contributed by atoms with Crippen molar-refractivity contribution in [3.05, 3.63) is 100 Å². The van der Waals surface area contributed by atoms with Crippen LogP contribution in [0.15, 0.2) is 83.7 Å². The molecule has 0 saturated heterocycles. The van der Waals surface area contributed by atoms with Crippen LogP contribution in [0.4, 0.5) is 0 Å². The van der Waals surface area contributed by atoms with Crippen molar-refractivity contribution in [1.29, 1.82) is 5.26 Å². The summed E-state index contributed by atoms with van der Waals surface area (Å²) >= 11 is 0. The highest BCUT2D eigenvalue weighted by Gasteiger charge is 2.20. The summed E-state index contributed by atoms with van der Waals surface area (Å²) in [4.78, 5) is 13.4. The van der Waals surface area contributed by atoms with E-state index in [4.69, 9.17) is 4.74 Å². The van der Waals surface area contributed by atoms with Crippen molar-refractivity contribution in [3.8, 4) is 17.5 Å². The van der Waals surface area contributed by atoms with Crippen molar-refractivity contribution < 1.29 is 4.74 Å². The van der Waals surface area contributed by atoms with E-state index in [2.05, 4.69) is 11.2 Å². The summed E-state index contributed by atoms with van der Waals surface area (Å²) in [5, 5.41) is 15.6. The first-order chi connectivity index (χ1) is 15.7. The monoisotopic (exact) mass is 420 g/mol. The zero-order chi connectivity index (χ0) is 22.1. The third-order valence-electron chi connectivity index (χ3n) is 5.57. The fraction of sp³-hybridized carbons (Fsp3) is 0.115. The average molecular weight is 420 g/mol. The molecule has 0 radical (unpaired) electrons.